The molecule has 0 unspecified atom stereocenters. The summed E-state index contributed by atoms with van der Waals surface area (Å²) >= 11 is 1.57. The van der Waals surface area contributed by atoms with Gasteiger partial charge in [0.25, 0.3) is 0 Å². The summed E-state index contributed by atoms with van der Waals surface area (Å²) in [4.78, 5) is 0.900. The molecule has 0 spiro atoms. The van der Waals surface area contributed by atoms with Crippen molar-refractivity contribution in [3.63, 3.8) is 0 Å². The minimum absolute atomic E-state index is 0.0903. The number of nitrogens with two attached hydrogens (primary N) is 1. The highest BCUT2D eigenvalue weighted by Crippen LogP contribution is 2.27. The standard InChI is InChI=1S/C11H16N2O3S/c1-15-5-6-17-10-7-8(16-2)3-4-9(10)11(12)13-14/h3-4,7,14H,5-6H2,1-2H3,(H2,12,13). The Morgan fingerprint density at radius 3 is 2.82 bits per heavy atom. The average Bonchev–Trinajstić information content (AvgIpc) is 2.38. The zero-order valence-corrected chi connectivity index (χ0v) is 10.7. The van der Waals surface area contributed by atoms with Crippen molar-refractivity contribution in [3.8, 4) is 5.75 Å². The van der Waals surface area contributed by atoms with E-state index in [0.29, 0.717) is 12.2 Å². The molecule has 94 valence electrons. The van der Waals surface area contributed by atoms with Gasteiger partial charge in [0.1, 0.15) is 5.75 Å². The van der Waals surface area contributed by atoms with Crippen LogP contribution < -0.4 is 10.5 Å². The molecule has 1 aromatic rings. The van der Waals surface area contributed by atoms with E-state index in [4.69, 9.17) is 20.4 Å². The van der Waals surface area contributed by atoms with Crippen LogP contribution in [0.2, 0.25) is 0 Å². The van der Waals surface area contributed by atoms with Gasteiger partial charge in [0.05, 0.1) is 13.7 Å². The summed E-state index contributed by atoms with van der Waals surface area (Å²) in [5, 5.41) is 11.7. The molecule has 1 rings (SSSR count). The lowest BCUT2D eigenvalue weighted by molar-refractivity contribution is 0.218. The van der Waals surface area contributed by atoms with Gasteiger partial charge in [0.2, 0.25) is 0 Å². The molecule has 0 heterocycles. The number of oxime groups is 1. The molecule has 0 bridgehead atoms. The zero-order valence-electron chi connectivity index (χ0n) is 9.84. The molecule has 0 aliphatic heterocycles. The topological polar surface area (TPSA) is 77.1 Å². The van der Waals surface area contributed by atoms with Crippen LogP contribution in [-0.2, 0) is 4.74 Å². The number of hydrogen-bond donors (Lipinski definition) is 2. The molecule has 5 nitrogen and oxygen atoms in total. The van der Waals surface area contributed by atoms with Crippen LogP contribution in [-0.4, -0.2) is 37.6 Å². The molecular weight excluding hydrogens is 240 g/mol. The third-order valence-corrected chi connectivity index (χ3v) is 3.14. The average molecular weight is 256 g/mol. The summed E-state index contributed by atoms with van der Waals surface area (Å²) < 4.78 is 10.1. The molecule has 0 saturated carbocycles. The lowest BCUT2D eigenvalue weighted by atomic mass is 10.2. The normalized spacial score (nSPS) is 11.5. The molecule has 1 aromatic carbocycles. The fourth-order valence-electron chi connectivity index (χ4n) is 1.25. The minimum atomic E-state index is 0.0903. The van der Waals surface area contributed by atoms with Crippen LogP contribution in [0.5, 0.6) is 5.75 Å². The van der Waals surface area contributed by atoms with E-state index in [1.807, 2.05) is 6.07 Å². The maximum atomic E-state index is 8.71. The van der Waals surface area contributed by atoms with Crippen LogP contribution in [0.25, 0.3) is 0 Å². The van der Waals surface area contributed by atoms with E-state index in [-0.39, 0.29) is 5.84 Å². The van der Waals surface area contributed by atoms with Crippen LogP contribution >= 0.6 is 11.8 Å². The summed E-state index contributed by atoms with van der Waals surface area (Å²) in [5.74, 6) is 1.61. The number of thioether (sulfide) groups is 1. The van der Waals surface area contributed by atoms with Crippen LogP contribution in [0, 0.1) is 0 Å². The molecule has 0 aliphatic rings. The van der Waals surface area contributed by atoms with Crippen LogP contribution in [0.1, 0.15) is 5.56 Å². The number of nitrogens with zero attached hydrogens (tertiary/aromatic N) is 1. The van der Waals surface area contributed by atoms with Gasteiger partial charge in [-0.25, -0.2) is 0 Å². The van der Waals surface area contributed by atoms with Crippen molar-refractivity contribution >= 4 is 17.6 Å². The van der Waals surface area contributed by atoms with Crippen molar-refractivity contribution in [3.05, 3.63) is 23.8 Å². The van der Waals surface area contributed by atoms with Crippen molar-refractivity contribution in [2.45, 2.75) is 4.90 Å². The fourth-order valence-corrected chi connectivity index (χ4v) is 2.25. The molecular formula is C11H16N2O3S. The molecule has 17 heavy (non-hydrogen) atoms. The Bertz CT molecular complexity index is 396. The summed E-state index contributed by atoms with van der Waals surface area (Å²) in [6.07, 6.45) is 0. The van der Waals surface area contributed by atoms with Gasteiger partial charge in [0.15, 0.2) is 5.84 Å². The molecule has 3 N–H and O–H groups in total. The van der Waals surface area contributed by atoms with Gasteiger partial charge in [-0.2, -0.15) is 0 Å². The first-order chi connectivity index (χ1) is 8.22. The highest BCUT2D eigenvalue weighted by molar-refractivity contribution is 7.99. The summed E-state index contributed by atoms with van der Waals surface area (Å²) in [6, 6.07) is 5.39. The maximum absolute atomic E-state index is 8.71. The van der Waals surface area contributed by atoms with Crippen LogP contribution in [0.4, 0.5) is 0 Å². The number of benzene rings is 1. The molecule has 0 amide bonds. The Morgan fingerprint density at radius 1 is 1.47 bits per heavy atom. The Labute approximate surface area is 105 Å². The Morgan fingerprint density at radius 2 is 2.24 bits per heavy atom. The number of rotatable bonds is 6. The monoisotopic (exact) mass is 256 g/mol. The molecule has 0 saturated heterocycles. The van der Waals surface area contributed by atoms with Crippen molar-refractivity contribution in [2.75, 3.05) is 26.6 Å². The number of methoxy groups -OCH3 is 2. The molecule has 0 fully saturated rings. The largest absolute Gasteiger partial charge is 0.497 e. The van der Waals surface area contributed by atoms with E-state index in [0.717, 1.165) is 16.4 Å². The maximum Gasteiger partial charge on any atom is 0.171 e. The number of ether oxygens (including phenoxy) is 2. The third-order valence-electron chi connectivity index (χ3n) is 2.12. The summed E-state index contributed by atoms with van der Waals surface area (Å²) in [7, 11) is 3.25. The highest BCUT2D eigenvalue weighted by Gasteiger charge is 2.09. The fraction of sp³-hybridized carbons (Fsp3) is 0.364. The second-order valence-corrected chi connectivity index (χ2v) is 4.33. The summed E-state index contributed by atoms with van der Waals surface area (Å²) in [6.45, 7) is 0.636. The quantitative estimate of drug-likeness (QED) is 0.201. The highest BCUT2D eigenvalue weighted by atomic mass is 32.2. The van der Waals surface area contributed by atoms with Gasteiger partial charge < -0.3 is 20.4 Å². The lowest BCUT2D eigenvalue weighted by Crippen LogP contribution is -2.14. The van der Waals surface area contributed by atoms with E-state index in [9.17, 15) is 0 Å². The summed E-state index contributed by atoms with van der Waals surface area (Å²) in [5.41, 5.74) is 6.29. The first-order valence-corrected chi connectivity index (χ1v) is 5.99. The van der Waals surface area contributed by atoms with E-state index in [2.05, 4.69) is 5.16 Å². The smallest absolute Gasteiger partial charge is 0.171 e. The van der Waals surface area contributed by atoms with Gasteiger partial charge in [-0.1, -0.05) is 5.16 Å². The molecule has 0 aliphatic carbocycles. The van der Waals surface area contributed by atoms with Gasteiger partial charge in [-0.05, 0) is 18.2 Å². The van der Waals surface area contributed by atoms with Crippen LogP contribution in [0.3, 0.4) is 0 Å². The third kappa shape index (κ3) is 3.83. The van der Waals surface area contributed by atoms with E-state index < -0.39 is 0 Å². The minimum Gasteiger partial charge on any atom is -0.497 e. The zero-order chi connectivity index (χ0) is 12.7. The number of amidine groups is 1. The first kappa shape index (κ1) is 13.7. The molecule has 0 atom stereocenters. The van der Waals surface area contributed by atoms with E-state index >= 15 is 0 Å². The van der Waals surface area contributed by atoms with Crippen molar-refractivity contribution in [1.82, 2.24) is 0 Å². The lowest BCUT2D eigenvalue weighted by Gasteiger charge is -2.09. The van der Waals surface area contributed by atoms with E-state index in [1.54, 1.807) is 38.1 Å². The molecule has 6 heteroatoms. The predicted octanol–water partition coefficient (Wildman–Crippen LogP) is 1.53. The SMILES string of the molecule is COCCSc1cc(OC)ccc1/C(N)=N/O. The van der Waals surface area contributed by atoms with Gasteiger partial charge in [-0.3, -0.25) is 0 Å². The number of hydrogen-bond acceptors (Lipinski definition) is 5. The van der Waals surface area contributed by atoms with E-state index in [1.165, 1.54) is 0 Å². The van der Waals surface area contributed by atoms with Gasteiger partial charge in [0, 0.05) is 23.3 Å². The van der Waals surface area contributed by atoms with Crippen molar-refractivity contribution < 1.29 is 14.7 Å². The van der Waals surface area contributed by atoms with Crippen molar-refractivity contribution in [2.24, 2.45) is 10.9 Å². The second-order valence-electron chi connectivity index (χ2n) is 3.19. The Kier molecular flexibility index (Phi) is 5.65. The first-order valence-electron chi connectivity index (χ1n) is 5.00. The Hall–Kier alpha value is -1.40. The van der Waals surface area contributed by atoms with Gasteiger partial charge >= 0.3 is 0 Å². The van der Waals surface area contributed by atoms with Crippen LogP contribution in [0.15, 0.2) is 28.3 Å². The molecule has 0 radical (unpaired) electrons. The van der Waals surface area contributed by atoms with Gasteiger partial charge in [-0.15, -0.1) is 11.8 Å². The Balaban J connectivity index is 2.95. The van der Waals surface area contributed by atoms with Crippen molar-refractivity contribution in [1.29, 1.82) is 0 Å². The molecule has 0 aromatic heterocycles. The predicted molar refractivity (Wildman–Crippen MR) is 68.1 cm³/mol. The second kappa shape index (κ2) is 7.03.